The Morgan fingerprint density at radius 2 is 1.90 bits per heavy atom. The number of hydrogen-bond acceptors (Lipinski definition) is 3. The summed E-state index contributed by atoms with van der Waals surface area (Å²) in [5.74, 6) is -0.400. The number of benzene rings is 1. The van der Waals surface area contributed by atoms with Crippen molar-refractivity contribution >= 4 is 17.5 Å². The van der Waals surface area contributed by atoms with Crippen LogP contribution in [0.15, 0.2) is 30.3 Å². The van der Waals surface area contributed by atoms with Gasteiger partial charge in [-0.1, -0.05) is 24.6 Å². The van der Waals surface area contributed by atoms with Crippen LogP contribution >= 0.6 is 0 Å². The molecule has 1 aromatic carbocycles. The molecular weight excluding hydrogens is 266 g/mol. The van der Waals surface area contributed by atoms with Crippen LogP contribution in [0.25, 0.3) is 0 Å². The van der Waals surface area contributed by atoms with Gasteiger partial charge in [-0.25, -0.2) is 0 Å². The molecule has 0 radical (unpaired) electrons. The first-order chi connectivity index (χ1) is 10.1. The summed E-state index contributed by atoms with van der Waals surface area (Å²) in [6.07, 6.45) is 3.72. The Morgan fingerprint density at radius 3 is 2.52 bits per heavy atom. The monoisotopic (exact) mass is 289 g/mol. The molecule has 21 heavy (non-hydrogen) atoms. The van der Waals surface area contributed by atoms with Gasteiger partial charge in [0.05, 0.1) is 0 Å². The third-order valence-corrected chi connectivity index (χ3v) is 3.98. The highest BCUT2D eigenvalue weighted by molar-refractivity contribution is 5.95. The van der Waals surface area contributed by atoms with Gasteiger partial charge in [-0.05, 0) is 31.4 Å². The van der Waals surface area contributed by atoms with E-state index in [1.807, 2.05) is 30.3 Å². The van der Waals surface area contributed by atoms with E-state index in [9.17, 15) is 9.59 Å². The van der Waals surface area contributed by atoms with Gasteiger partial charge in [-0.15, -0.1) is 0 Å². The summed E-state index contributed by atoms with van der Waals surface area (Å²) in [4.78, 5) is 25.5. The van der Waals surface area contributed by atoms with E-state index in [2.05, 4.69) is 0 Å². The quantitative estimate of drug-likeness (QED) is 0.859. The Morgan fingerprint density at radius 1 is 1.19 bits per heavy atom. The molecule has 114 valence electrons. The summed E-state index contributed by atoms with van der Waals surface area (Å²) in [6.45, 7) is 0.323. The molecule has 2 atom stereocenters. The fourth-order valence-electron chi connectivity index (χ4n) is 2.87. The highest BCUT2D eigenvalue weighted by Crippen LogP contribution is 2.27. The minimum Gasteiger partial charge on any atom is -0.370 e. The van der Waals surface area contributed by atoms with Crippen molar-refractivity contribution in [3.8, 4) is 0 Å². The Kier molecular flexibility index (Phi) is 5.33. The van der Waals surface area contributed by atoms with Crippen molar-refractivity contribution in [3.05, 3.63) is 30.3 Å². The SMILES string of the molecule is NC(=O)CCN(C(=O)C1CCCC(N)C1)c1ccccc1. The number of nitrogens with zero attached hydrogens (tertiary/aromatic N) is 1. The standard InChI is InChI=1S/C16H23N3O2/c17-13-6-4-5-12(11-13)16(21)19(10-9-15(18)20)14-7-2-1-3-8-14/h1-3,7-8,12-13H,4-6,9-11,17H2,(H2,18,20). The molecule has 2 amide bonds. The number of carbonyl (C=O) groups excluding carboxylic acids is 2. The summed E-state index contributed by atoms with van der Waals surface area (Å²) in [6, 6.07) is 9.51. The van der Waals surface area contributed by atoms with Crippen LogP contribution in [-0.2, 0) is 9.59 Å². The van der Waals surface area contributed by atoms with E-state index in [1.54, 1.807) is 4.90 Å². The minimum atomic E-state index is -0.399. The largest absolute Gasteiger partial charge is 0.370 e. The van der Waals surface area contributed by atoms with Crippen LogP contribution in [0.1, 0.15) is 32.1 Å². The smallest absolute Gasteiger partial charge is 0.230 e. The predicted molar refractivity (Wildman–Crippen MR) is 82.5 cm³/mol. The van der Waals surface area contributed by atoms with E-state index in [-0.39, 0.29) is 24.3 Å². The average molecular weight is 289 g/mol. The van der Waals surface area contributed by atoms with E-state index < -0.39 is 5.91 Å². The van der Waals surface area contributed by atoms with Crippen LogP contribution in [0.3, 0.4) is 0 Å². The molecule has 2 rings (SSSR count). The number of primary amides is 1. The van der Waals surface area contributed by atoms with Crippen LogP contribution in [0, 0.1) is 5.92 Å². The number of hydrogen-bond donors (Lipinski definition) is 2. The molecule has 2 unspecified atom stereocenters. The highest BCUT2D eigenvalue weighted by Gasteiger charge is 2.29. The molecule has 0 heterocycles. The van der Waals surface area contributed by atoms with Crippen LogP contribution in [0.2, 0.25) is 0 Å². The number of rotatable bonds is 5. The number of nitrogens with two attached hydrogens (primary N) is 2. The van der Waals surface area contributed by atoms with Crippen molar-refractivity contribution in [1.82, 2.24) is 0 Å². The maximum absolute atomic E-state index is 12.8. The Balaban J connectivity index is 2.14. The molecule has 0 aliphatic heterocycles. The summed E-state index contributed by atoms with van der Waals surface area (Å²) >= 11 is 0. The van der Waals surface area contributed by atoms with Gasteiger partial charge in [-0.3, -0.25) is 9.59 Å². The molecule has 0 saturated heterocycles. The molecule has 1 fully saturated rings. The van der Waals surface area contributed by atoms with Crippen molar-refractivity contribution < 1.29 is 9.59 Å². The lowest BCUT2D eigenvalue weighted by molar-refractivity contribution is -0.123. The van der Waals surface area contributed by atoms with Gasteiger partial charge >= 0.3 is 0 Å². The summed E-state index contributed by atoms with van der Waals surface area (Å²) in [5.41, 5.74) is 12.0. The van der Waals surface area contributed by atoms with Crippen molar-refractivity contribution in [2.24, 2.45) is 17.4 Å². The number of anilines is 1. The topological polar surface area (TPSA) is 89.4 Å². The molecule has 0 bridgehead atoms. The van der Waals surface area contributed by atoms with Gasteiger partial charge in [0.15, 0.2) is 0 Å². The first kappa shape index (κ1) is 15.5. The lowest BCUT2D eigenvalue weighted by Crippen LogP contribution is -2.42. The van der Waals surface area contributed by atoms with Gasteiger partial charge in [0.1, 0.15) is 0 Å². The van der Waals surface area contributed by atoms with Crippen molar-refractivity contribution in [3.63, 3.8) is 0 Å². The Hall–Kier alpha value is -1.88. The lowest BCUT2D eigenvalue weighted by Gasteiger charge is -2.31. The number of para-hydroxylation sites is 1. The molecule has 0 aromatic heterocycles. The summed E-state index contributed by atoms with van der Waals surface area (Å²) in [5, 5.41) is 0. The van der Waals surface area contributed by atoms with Crippen LogP contribution in [0.4, 0.5) is 5.69 Å². The van der Waals surface area contributed by atoms with Gasteiger partial charge < -0.3 is 16.4 Å². The minimum absolute atomic E-state index is 0.0533. The van der Waals surface area contributed by atoms with E-state index in [1.165, 1.54) is 0 Å². The lowest BCUT2D eigenvalue weighted by atomic mass is 9.85. The first-order valence-electron chi connectivity index (χ1n) is 7.48. The van der Waals surface area contributed by atoms with Gasteiger partial charge in [0.2, 0.25) is 11.8 Å². The Bertz CT molecular complexity index is 490. The fourth-order valence-corrected chi connectivity index (χ4v) is 2.87. The third-order valence-electron chi connectivity index (χ3n) is 3.98. The van der Waals surface area contributed by atoms with Gasteiger partial charge in [0, 0.05) is 30.6 Å². The number of amides is 2. The zero-order valence-electron chi connectivity index (χ0n) is 12.2. The summed E-state index contributed by atoms with van der Waals surface area (Å²) in [7, 11) is 0. The molecule has 1 aromatic rings. The van der Waals surface area contributed by atoms with Crippen molar-refractivity contribution in [2.45, 2.75) is 38.1 Å². The summed E-state index contributed by atoms with van der Waals surface area (Å²) < 4.78 is 0. The van der Waals surface area contributed by atoms with Crippen LogP contribution < -0.4 is 16.4 Å². The van der Waals surface area contributed by atoms with E-state index in [0.29, 0.717) is 6.54 Å². The zero-order valence-corrected chi connectivity index (χ0v) is 12.2. The van der Waals surface area contributed by atoms with Crippen LogP contribution in [-0.4, -0.2) is 24.4 Å². The van der Waals surface area contributed by atoms with Gasteiger partial charge in [0.25, 0.3) is 0 Å². The second-order valence-corrected chi connectivity index (χ2v) is 5.67. The van der Waals surface area contributed by atoms with E-state index in [4.69, 9.17) is 11.5 Å². The van der Waals surface area contributed by atoms with Crippen molar-refractivity contribution in [1.29, 1.82) is 0 Å². The molecule has 1 aliphatic rings. The maximum atomic E-state index is 12.8. The second kappa shape index (κ2) is 7.22. The molecule has 5 heteroatoms. The maximum Gasteiger partial charge on any atom is 0.230 e. The fraction of sp³-hybridized carbons (Fsp3) is 0.500. The third kappa shape index (κ3) is 4.29. The van der Waals surface area contributed by atoms with Crippen molar-refractivity contribution in [2.75, 3.05) is 11.4 Å². The molecule has 0 spiro atoms. The molecule has 4 N–H and O–H groups in total. The average Bonchev–Trinajstić information content (AvgIpc) is 2.48. The second-order valence-electron chi connectivity index (χ2n) is 5.67. The molecular formula is C16H23N3O2. The first-order valence-corrected chi connectivity index (χ1v) is 7.48. The highest BCUT2D eigenvalue weighted by atomic mass is 16.2. The van der Waals surface area contributed by atoms with E-state index >= 15 is 0 Å². The number of carbonyl (C=O) groups is 2. The van der Waals surface area contributed by atoms with Gasteiger partial charge in [-0.2, -0.15) is 0 Å². The van der Waals surface area contributed by atoms with E-state index in [0.717, 1.165) is 31.4 Å². The Labute approximate surface area is 125 Å². The zero-order chi connectivity index (χ0) is 15.2. The molecule has 1 saturated carbocycles. The predicted octanol–water partition coefficient (Wildman–Crippen LogP) is 1.41. The molecule has 5 nitrogen and oxygen atoms in total. The molecule has 1 aliphatic carbocycles. The normalized spacial score (nSPS) is 21.8. The van der Waals surface area contributed by atoms with Crippen LogP contribution in [0.5, 0.6) is 0 Å².